The van der Waals surface area contributed by atoms with E-state index in [1.165, 1.54) is 0 Å². The van der Waals surface area contributed by atoms with E-state index < -0.39 is 0 Å². The van der Waals surface area contributed by atoms with Crippen molar-refractivity contribution in [3.63, 3.8) is 0 Å². The molecule has 0 saturated heterocycles. The summed E-state index contributed by atoms with van der Waals surface area (Å²) in [5.74, 6) is 0.465. The second-order valence-corrected chi connectivity index (χ2v) is 6.00. The fourth-order valence-corrected chi connectivity index (χ4v) is 2.71. The number of carbonyl (C=O) groups excluding carboxylic acids is 2. The number of rotatable bonds is 4. The predicted molar refractivity (Wildman–Crippen MR) is 92.3 cm³/mol. The van der Waals surface area contributed by atoms with E-state index in [0.29, 0.717) is 23.0 Å². The standard InChI is InChI=1S/C18H17ClN2O3/c1-21-15-8-12(6-7-16(15)24-11-18(21)23)10-20-17(22)9-13-4-2-3-5-14(13)19/h2-8H,9-11H2,1H3,(H,20,22). The van der Waals surface area contributed by atoms with Gasteiger partial charge in [-0.15, -0.1) is 0 Å². The SMILES string of the molecule is CN1C(=O)COc2ccc(CNC(=O)Cc3ccccc3Cl)cc21. The average molecular weight is 345 g/mol. The molecule has 0 unspecified atom stereocenters. The molecule has 0 atom stereocenters. The average Bonchev–Trinajstić information content (AvgIpc) is 2.58. The van der Waals surface area contributed by atoms with E-state index in [9.17, 15) is 9.59 Å². The van der Waals surface area contributed by atoms with Gasteiger partial charge >= 0.3 is 0 Å². The van der Waals surface area contributed by atoms with Gasteiger partial charge < -0.3 is 15.0 Å². The molecule has 1 N–H and O–H groups in total. The van der Waals surface area contributed by atoms with Gasteiger partial charge in [0.05, 0.1) is 12.1 Å². The molecule has 2 amide bonds. The van der Waals surface area contributed by atoms with Crippen molar-refractivity contribution in [2.45, 2.75) is 13.0 Å². The third-order valence-corrected chi connectivity index (χ3v) is 4.28. The van der Waals surface area contributed by atoms with Gasteiger partial charge in [-0.2, -0.15) is 0 Å². The number of halogens is 1. The van der Waals surface area contributed by atoms with Crippen LogP contribution in [-0.2, 0) is 22.6 Å². The van der Waals surface area contributed by atoms with E-state index in [-0.39, 0.29) is 24.8 Å². The molecule has 0 aromatic heterocycles. The second kappa shape index (κ2) is 6.93. The van der Waals surface area contributed by atoms with Crippen molar-refractivity contribution in [2.24, 2.45) is 0 Å². The van der Waals surface area contributed by atoms with E-state index in [1.807, 2.05) is 36.4 Å². The van der Waals surface area contributed by atoms with Gasteiger partial charge in [0, 0.05) is 18.6 Å². The molecule has 0 saturated carbocycles. The maximum Gasteiger partial charge on any atom is 0.264 e. The van der Waals surface area contributed by atoms with E-state index >= 15 is 0 Å². The minimum absolute atomic E-state index is 0.0530. The van der Waals surface area contributed by atoms with Crippen LogP contribution in [0.15, 0.2) is 42.5 Å². The van der Waals surface area contributed by atoms with Crippen molar-refractivity contribution in [1.82, 2.24) is 5.32 Å². The molecular weight excluding hydrogens is 328 g/mol. The number of carbonyl (C=O) groups is 2. The van der Waals surface area contributed by atoms with Gasteiger partial charge in [0.1, 0.15) is 5.75 Å². The normalized spacial score (nSPS) is 13.2. The first kappa shape index (κ1) is 16.3. The van der Waals surface area contributed by atoms with Crippen molar-refractivity contribution in [3.05, 3.63) is 58.6 Å². The summed E-state index contributed by atoms with van der Waals surface area (Å²) in [6.07, 6.45) is 0.228. The van der Waals surface area contributed by atoms with Crippen LogP contribution in [0.1, 0.15) is 11.1 Å². The van der Waals surface area contributed by atoms with Gasteiger partial charge in [-0.3, -0.25) is 9.59 Å². The predicted octanol–water partition coefficient (Wildman–Crippen LogP) is 2.55. The minimum atomic E-state index is -0.110. The van der Waals surface area contributed by atoms with Crippen LogP contribution in [0.25, 0.3) is 0 Å². The Kier molecular flexibility index (Phi) is 4.71. The Morgan fingerprint density at radius 1 is 1.29 bits per heavy atom. The largest absolute Gasteiger partial charge is 0.482 e. The molecule has 124 valence electrons. The lowest BCUT2D eigenvalue weighted by molar-refractivity contribution is -0.121. The van der Waals surface area contributed by atoms with Crippen LogP contribution in [0.3, 0.4) is 0 Å². The lowest BCUT2D eigenvalue weighted by Crippen LogP contribution is -2.35. The highest BCUT2D eigenvalue weighted by Gasteiger charge is 2.22. The van der Waals surface area contributed by atoms with Crippen LogP contribution in [0.4, 0.5) is 5.69 Å². The molecule has 5 nitrogen and oxygen atoms in total. The van der Waals surface area contributed by atoms with Crippen LogP contribution < -0.4 is 15.0 Å². The highest BCUT2D eigenvalue weighted by Crippen LogP contribution is 2.31. The van der Waals surface area contributed by atoms with Gasteiger partial charge in [0.25, 0.3) is 5.91 Å². The van der Waals surface area contributed by atoms with Gasteiger partial charge in [0.2, 0.25) is 5.91 Å². The van der Waals surface area contributed by atoms with Gasteiger partial charge in [-0.25, -0.2) is 0 Å². The summed E-state index contributed by atoms with van der Waals surface area (Å²) in [7, 11) is 1.71. The Morgan fingerprint density at radius 3 is 2.88 bits per heavy atom. The molecule has 2 aromatic rings. The number of ether oxygens (including phenoxy) is 1. The number of anilines is 1. The van der Waals surface area contributed by atoms with Crippen LogP contribution in [0.2, 0.25) is 5.02 Å². The second-order valence-electron chi connectivity index (χ2n) is 5.59. The molecule has 24 heavy (non-hydrogen) atoms. The summed E-state index contributed by atoms with van der Waals surface area (Å²) in [5.41, 5.74) is 2.40. The monoisotopic (exact) mass is 344 g/mol. The summed E-state index contributed by atoms with van der Waals surface area (Å²) < 4.78 is 5.39. The van der Waals surface area contributed by atoms with Gasteiger partial charge in [0.15, 0.2) is 6.61 Å². The summed E-state index contributed by atoms with van der Waals surface area (Å²) in [5, 5.41) is 3.45. The van der Waals surface area contributed by atoms with Crippen LogP contribution >= 0.6 is 11.6 Å². The van der Waals surface area contributed by atoms with Gasteiger partial charge in [-0.05, 0) is 29.3 Å². The van der Waals surface area contributed by atoms with E-state index in [1.54, 1.807) is 18.0 Å². The van der Waals surface area contributed by atoms with Crippen molar-refractivity contribution < 1.29 is 14.3 Å². The van der Waals surface area contributed by atoms with Crippen LogP contribution in [-0.4, -0.2) is 25.5 Å². The molecule has 0 spiro atoms. The Labute approximate surface area is 145 Å². The highest BCUT2D eigenvalue weighted by molar-refractivity contribution is 6.31. The third kappa shape index (κ3) is 3.51. The molecule has 3 rings (SSSR count). The molecule has 0 aliphatic carbocycles. The molecule has 1 aliphatic rings. The van der Waals surface area contributed by atoms with Crippen molar-refractivity contribution in [2.75, 3.05) is 18.6 Å². The number of nitrogens with one attached hydrogen (secondary N) is 1. The van der Waals surface area contributed by atoms with Crippen molar-refractivity contribution in [1.29, 1.82) is 0 Å². The fraction of sp³-hybridized carbons (Fsp3) is 0.222. The summed E-state index contributed by atoms with van der Waals surface area (Å²) in [4.78, 5) is 25.3. The smallest absolute Gasteiger partial charge is 0.264 e. The topological polar surface area (TPSA) is 58.6 Å². The zero-order chi connectivity index (χ0) is 17.1. The Balaban J connectivity index is 1.64. The zero-order valence-electron chi connectivity index (χ0n) is 13.2. The van der Waals surface area contributed by atoms with E-state index in [4.69, 9.17) is 16.3 Å². The highest BCUT2D eigenvalue weighted by atomic mass is 35.5. The molecule has 0 fully saturated rings. The van der Waals surface area contributed by atoms with Crippen molar-refractivity contribution in [3.8, 4) is 5.75 Å². The first-order valence-corrected chi connectivity index (χ1v) is 7.95. The summed E-state index contributed by atoms with van der Waals surface area (Å²) >= 11 is 6.06. The molecule has 0 bridgehead atoms. The quantitative estimate of drug-likeness (QED) is 0.927. The van der Waals surface area contributed by atoms with E-state index in [2.05, 4.69) is 5.32 Å². The Hall–Kier alpha value is -2.53. The number of nitrogens with zero attached hydrogens (tertiary/aromatic N) is 1. The molecule has 1 aliphatic heterocycles. The first-order chi connectivity index (χ1) is 11.5. The molecule has 6 heteroatoms. The number of hydrogen-bond donors (Lipinski definition) is 1. The molecule has 0 radical (unpaired) electrons. The number of likely N-dealkylation sites (N-methyl/N-ethyl adjacent to an activating group) is 1. The zero-order valence-corrected chi connectivity index (χ0v) is 14.0. The number of fused-ring (bicyclic) bond motifs is 1. The summed E-state index contributed by atoms with van der Waals surface area (Å²) in [6, 6.07) is 12.8. The van der Waals surface area contributed by atoms with Crippen LogP contribution in [0.5, 0.6) is 5.75 Å². The lowest BCUT2D eigenvalue weighted by Gasteiger charge is -2.26. The maximum absolute atomic E-state index is 12.1. The Morgan fingerprint density at radius 2 is 2.08 bits per heavy atom. The minimum Gasteiger partial charge on any atom is -0.482 e. The van der Waals surface area contributed by atoms with Gasteiger partial charge in [-0.1, -0.05) is 35.9 Å². The number of amides is 2. The van der Waals surface area contributed by atoms with E-state index in [0.717, 1.165) is 11.1 Å². The molecule has 1 heterocycles. The maximum atomic E-state index is 12.1. The fourth-order valence-electron chi connectivity index (χ4n) is 2.51. The van der Waals surface area contributed by atoms with Crippen molar-refractivity contribution >= 4 is 29.1 Å². The summed E-state index contributed by atoms with van der Waals surface area (Å²) in [6.45, 7) is 0.427. The Bertz CT molecular complexity index is 792. The number of benzene rings is 2. The third-order valence-electron chi connectivity index (χ3n) is 3.91. The lowest BCUT2D eigenvalue weighted by atomic mass is 10.1. The number of hydrogen-bond acceptors (Lipinski definition) is 3. The molecule has 2 aromatic carbocycles. The first-order valence-electron chi connectivity index (χ1n) is 7.57. The molecular formula is C18H17ClN2O3. The van der Waals surface area contributed by atoms with Crippen LogP contribution in [0, 0.1) is 0 Å².